The number of allylic oxidation sites excluding steroid dienone is 1. The molecule has 2 nitrogen and oxygen atoms in total. The number of ether oxygens (including phenoxy) is 1. The van der Waals surface area contributed by atoms with Crippen molar-refractivity contribution in [1.29, 1.82) is 0 Å². The van der Waals surface area contributed by atoms with Gasteiger partial charge in [0.15, 0.2) is 0 Å². The third-order valence-electron chi connectivity index (χ3n) is 3.65. The second-order valence-electron chi connectivity index (χ2n) is 5.57. The van der Waals surface area contributed by atoms with Crippen molar-refractivity contribution in [2.75, 3.05) is 6.61 Å². The Morgan fingerprint density at radius 1 is 0.900 bits per heavy atom. The summed E-state index contributed by atoms with van der Waals surface area (Å²) in [6.07, 6.45) is 16.5. The van der Waals surface area contributed by atoms with Gasteiger partial charge in [-0.2, -0.15) is 0 Å². The Hall–Kier alpha value is -0.790. The quantitative estimate of drug-likeness (QED) is 0.247. The van der Waals surface area contributed by atoms with E-state index < -0.39 is 0 Å². The largest absolute Gasteiger partial charge is 0.463 e. The maximum Gasteiger partial charge on any atom is 0.330 e. The van der Waals surface area contributed by atoms with E-state index in [1.165, 1.54) is 64.2 Å². The van der Waals surface area contributed by atoms with Crippen LogP contribution in [0.3, 0.4) is 0 Å². The fourth-order valence-corrected chi connectivity index (χ4v) is 2.41. The van der Waals surface area contributed by atoms with Crippen LogP contribution in [0.15, 0.2) is 12.2 Å². The molecule has 0 aliphatic heterocycles. The van der Waals surface area contributed by atoms with Crippen molar-refractivity contribution in [3.63, 3.8) is 0 Å². The molecule has 0 unspecified atom stereocenters. The topological polar surface area (TPSA) is 26.3 Å². The molecule has 0 heterocycles. The van der Waals surface area contributed by atoms with E-state index in [1.807, 2.05) is 6.92 Å². The number of esters is 1. The fourth-order valence-electron chi connectivity index (χ4n) is 2.41. The van der Waals surface area contributed by atoms with Crippen molar-refractivity contribution < 1.29 is 9.53 Å². The Bertz CT molecular complexity index is 234. The van der Waals surface area contributed by atoms with Crippen molar-refractivity contribution >= 4 is 5.97 Å². The van der Waals surface area contributed by atoms with Crippen LogP contribution >= 0.6 is 0 Å². The molecule has 0 aromatic rings. The van der Waals surface area contributed by atoms with Crippen LogP contribution in [0.25, 0.3) is 0 Å². The molecule has 0 amide bonds. The van der Waals surface area contributed by atoms with Gasteiger partial charge in [-0.3, -0.25) is 0 Å². The number of unbranched alkanes of at least 4 members (excludes halogenated alkanes) is 6. The second-order valence-corrected chi connectivity index (χ2v) is 5.57. The lowest BCUT2D eigenvalue weighted by Gasteiger charge is -2.12. The number of carbonyl (C=O) groups excluding carboxylic acids is 1. The average molecular weight is 282 g/mol. The van der Waals surface area contributed by atoms with Gasteiger partial charge < -0.3 is 4.74 Å². The van der Waals surface area contributed by atoms with E-state index in [0.29, 0.717) is 12.5 Å². The number of hydrogen-bond donors (Lipinski definition) is 0. The predicted octanol–water partition coefficient (Wildman–Crippen LogP) is 5.66. The Kier molecular flexibility index (Phi) is 14.0. The maximum absolute atomic E-state index is 11.4. The van der Waals surface area contributed by atoms with Gasteiger partial charge in [-0.15, -0.1) is 0 Å². The number of hydrogen-bond acceptors (Lipinski definition) is 2. The Morgan fingerprint density at radius 3 is 1.90 bits per heavy atom. The Morgan fingerprint density at radius 2 is 1.45 bits per heavy atom. The highest BCUT2D eigenvalue weighted by molar-refractivity contribution is 5.81. The highest BCUT2D eigenvalue weighted by atomic mass is 16.5. The van der Waals surface area contributed by atoms with Gasteiger partial charge in [0.1, 0.15) is 0 Å². The summed E-state index contributed by atoms with van der Waals surface area (Å²) < 4.78 is 4.95. The summed E-state index contributed by atoms with van der Waals surface area (Å²) in [5.74, 6) is 0.354. The molecule has 0 rings (SSSR count). The zero-order valence-electron chi connectivity index (χ0n) is 13.8. The summed E-state index contributed by atoms with van der Waals surface area (Å²) >= 11 is 0. The van der Waals surface area contributed by atoms with Crippen molar-refractivity contribution in [2.24, 2.45) is 5.92 Å². The van der Waals surface area contributed by atoms with E-state index in [9.17, 15) is 4.79 Å². The molecule has 0 radical (unpaired) electrons. The van der Waals surface area contributed by atoms with Gasteiger partial charge in [-0.05, 0) is 25.7 Å². The van der Waals surface area contributed by atoms with Crippen molar-refractivity contribution in [3.8, 4) is 0 Å². The normalized spacial score (nSPS) is 11.4. The molecular weight excluding hydrogens is 248 g/mol. The molecule has 0 saturated carbocycles. The van der Waals surface area contributed by atoms with Gasteiger partial charge in [0.25, 0.3) is 0 Å². The molecule has 0 aromatic carbocycles. The highest BCUT2D eigenvalue weighted by Crippen LogP contribution is 2.19. The third kappa shape index (κ3) is 12.3. The van der Waals surface area contributed by atoms with Crippen LogP contribution in [0, 0.1) is 5.92 Å². The lowest BCUT2D eigenvalue weighted by molar-refractivity contribution is -0.137. The molecule has 0 spiro atoms. The molecule has 0 atom stereocenters. The summed E-state index contributed by atoms with van der Waals surface area (Å²) in [7, 11) is 0. The van der Waals surface area contributed by atoms with Gasteiger partial charge >= 0.3 is 5.97 Å². The van der Waals surface area contributed by atoms with Gasteiger partial charge in [0, 0.05) is 6.08 Å². The van der Waals surface area contributed by atoms with Crippen LogP contribution in [0.2, 0.25) is 0 Å². The van der Waals surface area contributed by atoms with Crippen LogP contribution < -0.4 is 0 Å². The highest BCUT2D eigenvalue weighted by Gasteiger charge is 2.06. The van der Waals surface area contributed by atoms with Gasteiger partial charge in [0.05, 0.1) is 6.61 Å². The molecule has 0 bridgehead atoms. The first-order valence-corrected chi connectivity index (χ1v) is 8.59. The van der Waals surface area contributed by atoms with E-state index in [-0.39, 0.29) is 5.97 Å². The van der Waals surface area contributed by atoms with E-state index in [1.54, 1.807) is 6.08 Å². The summed E-state index contributed by atoms with van der Waals surface area (Å²) in [6.45, 7) is 6.78. The molecule has 118 valence electrons. The monoisotopic (exact) mass is 282 g/mol. The molecule has 20 heavy (non-hydrogen) atoms. The van der Waals surface area contributed by atoms with Gasteiger partial charge in [-0.25, -0.2) is 4.79 Å². The number of rotatable bonds is 13. The molecule has 0 saturated heterocycles. The van der Waals surface area contributed by atoms with Crippen LogP contribution in [0.4, 0.5) is 0 Å². The van der Waals surface area contributed by atoms with Gasteiger partial charge in [-0.1, -0.05) is 71.3 Å². The molecule has 2 heteroatoms. The van der Waals surface area contributed by atoms with Crippen molar-refractivity contribution in [1.82, 2.24) is 0 Å². The van der Waals surface area contributed by atoms with Crippen LogP contribution in [-0.2, 0) is 9.53 Å². The summed E-state index contributed by atoms with van der Waals surface area (Å²) in [5.41, 5.74) is 0. The fraction of sp³-hybridized carbons (Fsp3) is 0.833. The van der Waals surface area contributed by atoms with Crippen molar-refractivity contribution in [3.05, 3.63) is 12.2 Å². The Labute approximate surface area is 126 Å². The maximum atomic E-state index is 11.4. The van der Waals surface area contributed by atoms with Crippen LogP contribution in [0.1, 0.15) is 85.0 Å². The first kappa shape index (κ1) is 19.2. The Balaban J connectivity index is 4.05. The van der Waals surface area contributed by atoms with Gasteiger partial charge in [0.2, 0.25) is 0 Å². The SMILES string of the molecule is CCCCCCC(/C=C/C(=O)OCC)CCCCCC. The van der Waals surface area contributed by atoms with E-state index in [2.05, 4.69) is 19.9 Å². The third-order valence-corrected chi connectivity index (χ3v) is 3.65. The average Bonchev–Trinajstić information content (AvgIpc) is 2.44. The lowest BCUT2D eigenvalue weighted by atomic mass is 9.94. The minimum Gasteiger partial charge on any atom is -0.463 e. The zero-order chi connectivity index (χ0) is 15.1. The van der Waals surface area contributed by atoms with E-state index in [4.69, 9.17) is 4.74 Å². The summed E-state index contributed by atoms with van der Waals surface area (Å²) in [5, 5.41) is 0. The van der Waals surface area contributed by atoms with Crippen molar-refractivity contribution in [2.45, 2.75) is 85.0 Å². The second kappa shape index (κ2) is 14.6. The van der Waals surface area contributed by atoms with Crippen LogP contribution in [-0.4, -0.2) is 12.6 Å². The summed E-state index contributed by atoms with van der Waals surface area (Å²) in [4.78, 5) is 11.4. The standard InChI is InChI=1S/C18H34O2/c1-4-7-9-11-13-17(14-12-10-8-5-2)15-16-18(19)20-6-3/h15-17H,4-14H2,1-3H3/b16-15+. The first-order valence-electron chi connectivity index (χ1n) is 8.59. The van der Waals surface area contributed by atoms with Crippen LogP contribution in [0.5, 0.6) is 0 Å². The number of carbonyl (C=O) groups is 1. The molecular formula is C18H34O2. The molecule has 0 aliphatic carbocycles. The van der Waals surface area contributed by atoms with E-state index in [0.717, 1.165) is 0 Å². The molecule has 0 fully saturated rings. The molecule has 0 aliphatic rings. The minimum atomic E-state index is -0.195. The lowest BCUT2D eigenvalue weighted by Crippen LogP contribution is -2.02. The predicted molar refractivity (Wildman–Crippen MR) is 86.8 cm³/mol. The summed E-state index contributed by atoms with van der Waals surface area (Å²) in [6, 6.07) is 0. The first-order chi connectivity index (χ1) is 9.74. The molecule has 0 aromatic heterocycles. The molecule has 0 N–H and O–H groups in total. The zero-order valence-corrected chi connectivity index (χ0v) is 13.8. The van der Waals surface area contributed by atoms with E-state index >= 15 is 0 Å². The minimum absolute atomic E-state index is 0.195. The smallest absolute Gasteiger partial charge is 0.330 e.